The Hall–Kier alpha value is 0.570. The number of hydrogen-bond donors (Lipinski definition) is 0. The largest absolute Gasteiger partial charge is 0.244 e. The van der Waals surface area contributed by atoms with Crippen LogP contribution in [0.1, 0.15) is 25.7 Å². The van der Waals surface area contributed by atoms with Gasteiger partial charge in [-0.15, -0.1) is 0 Å². The average Bonchev–Trinajstić information content (AvgIpc) is 2.92. The Morgan fingerprint density at radius 2 is 1.85 bits per heavy atom. The standard InChI is InChI=1S/C13H16Br3NO2S/c14-7-8-17(11-3-1-2-4-11)20(18,19)13-9-10(15)5-6-12(13)16/h5-6,9,11H,1-4,7-8H2. The lowest BCUT2D eigenvalue weighted by Gasteiger charge is -2.28. The molecule has 1 aliphatic rings. The molecule has 1 aromatic carbocycles. The Morgan fingerprint density at radius 1 is 1.20 bits per heavy atom. The first-order chi connectivity index (χ1) is 9.46. The maximum absolute atomic E-state index is 12.9. The minimum Gasteiger partial charge on any atom is -0.207 e. The van der Waals surface area contributed by atoms with Crippen LogP contribution in [0.25, 0.3) is 0 Å². The SMILES string of the molecule is O=S(=O)(c1cc(Br)ccc1Br)N(CCBr)C1CCCC1. The van der Waals surface area contributed by atoms with Crippen LogP contribution >= 0.6 is 47.8 Å². The summed E-state index contributed by atoms with van der Waals surface area (Å²) in [7, 11) is -3.47. The Balaban J connectivity index is 2.41. The van der Waals surface area contributed by atoms with Crippen LogP contribution < -0.4 is 0 Å². The number of halogens is 3. The molecular weight excluding hydrogens is 474 g/mol. The predicted octanol–water partition coefficient (Wildman–Crippen LogP) is 4.54. The van der Waals surface area contributed by atoms with Gasteiger partial charge in [0, 0.05) is 26.9 Å². The van der Waals surface area contributed by atoms with E-state index in [1.54, 1.807) is 16.4 Å². The third-order valence-electron chi connectivity index (χ3n) is 3.52. The molecule has 1 aliphatic carbocycles. The van der Waals surface area contributed by atoms with E-state index in [9.17, 15) is 8.42 Å². The smallest absolute Gasteiger partial charge is 0.207 e. The topological polar surface area (TPSA) is 37.4 Å². The zero-order valence-electron chi connectivity index (χ0n) is 10.9. The number of sulfonamides is 1. The Bertz CT molecular complexity index is 571. The second-order valence-electron chi connectivity index (χ2n) is 4.82. The van der Waals surface area contributed by atoms with Crippen LogP contribution in [-0.2, 0) is 10.0 Å². The van der Waals surface area contributed by atoms with Crippen LogP contribution in [0.4, 0.5) is 0 Å². The van der Waals surface area contributed by atoms with Gasteiger partial charge in [0.25, 0.3) is 0 Å². The summed E-state index contributed by atoms with van der Waals surface area (Å²) in [6.45, 7) is 0.506. The fourth-order valence-corrected chi connectivity index (χ4v) is 6.34. The molecule has 1 aromatic rings. The van der Waals surface area contributed by atoms with Crippen LogP contribution in [0.3, 0.4) is 0 Å². The highest BCUT2D eigenvalue weighted by Crippen LogP contribution is 2.33. The van der Waals surface area contributed by atoms with Crippen molar-refractivity contribution in [1.82, 2.24) is 4.31 Å². The van der Waals surface area contributed by atoms with E-state index in [4.69, 9.17) is 0 Å². The molecule has 1 fully saturated rings. The van der Waals surface area contributed by atoms with Crippen molar-refractivity contribution in [2.24, 2.45) is 0 Å². The Morgan fingerprint density at radius 3 is 2.45 bits per heavy atom. The number of hydrogen-bond acceptors (Lipinski definition) is 2. The van der Waals surface area contributed by atoms with E-state index in [1.165, 1.54) is 0 Å². The van der Waals surface area contributed by atoms with Crippen molar-refractivity contribution >= 4 is 57.8 Å². The number of benzene rings is 1. The zero-order chi connectivity index (χ0) is 14.8. The van der Waals surface area contributed by atoms with Gasteiger partial charge in [-0.3, -0.25) is 0 Å². The summed E-state index contributed by atoms with van der Waals surface area (Å²) in [5.74, 6) is 0. The molecule has 7 heteroatoms. The van der Waals surface area contributed by atoms with Gasteiger partial charge in [0.05, 0.1) is 4.90 Å². The fourth-order valence-electron chi connectivity index (χ4n) is 2.58. The van der Waals surface area contributed by atoms with Crippen LogP contribution in [0.2, 0.25) is 0 Å². The molecule has 0 spiro atoms. The molecule has 0 saturated heterocycles. The maximum atomic E-state index is 12.9. The number of alkyl halides is 1. The summed E-state index contributed by atoms with van der Waals surface area (Å²) in [4.78, 5) is 0.333. The van der Waals surface area contributed by atoms with E-state index >= 15 is 0 Å². The van der Waals surface area contributed by atoms with Gasteiger partial charge < -0.3 is 0 Å². The lowest BCUT2D eigenvalue weighted by Crippen LogP contribution is -2.40. The summed E-state index contributed by atoms with van der Waals surface area (Å²) in [6.07, 6.45) is 4.13. The van der Waals surface area contributed by atoms with Crippen molar-refractivity contribution in [1.29, 1.82) is 0 Å². The molecule has 0 heterocycles. The van der Waals surface area contributed by atoms with Crippen molar-refractivity contribution in [3.05, 3.63) is 27.1 Å². The molecule has 112 valence electrons. The fraction of sp³-hybridized carbons (Fsp3) is 0.538. The van der Waals surface area contributed by atoms with Crippen LogP contribution in [0, 0.1) is 0 Å². The summed E-state index contributed by atoms with van der Waals surface area (Å²) in [5, 5.41) is 0.647. The minimum atomic E-state index is -3.47. The quantitative estimate of drug-likeness (QED) is 0.569. The highest BCUT2D eigenvalue weighted by atomic mass is 79.9. The molecular formula is C13H16Br3NO2S. The van der Waals surface area contributed by atoms with E-state index < -0.39 is 10.0 Å². The molecule has 0 N–H and O–H groups in total. The van der Waals surface area contributed by atoms with Crippen molar-refractivity contribution in [2.45, 2.75) is 36.6 Å². The van der Waals surface area contributed by atoms with E-state index in [0.717, 1.165) is 30.2 Å². The van der Waals surface area contributed by atoms with Gasteiger partial charge in [-0.1, -0.05) is 44.7 Å². The van der Waals surface area contributed by atoms with Gasteiger partial charge >= 0.3 is 0 Å². The molecule has 0 unspecified atom stereocenters. The van der Waals surface area contributed by atoms with Gasteiger partial charge in [0.2, 0.25) is 10.0 Å². The first kappa shape index (κ1) is 16.9. The summed E-state index contributed by atoms with van der Waals surface area (Å²) in [5.41, 5.74) is 0. The second kappa shape index (κ2) is 7.22. The first-order valence-corrected chi connectivity index (χ1v) is 10.6. The van der Waals surface area contributed by atoms with Gasteiger partial charge in [-0.05, 0) is 47.0 Å². The Kier molecular flexibility index (Phi) is 6.11. The van der Waals surface area contributed by atoms with Crippen LogP contribution in [0.15, 0.2) is 32.0 Å². The van der Waals surface area contributed by atoms with Crippen molar-refractivity contribution in [3.63, 3.8) is 0 Å². The molecule has 2 rings (SSSR count). The highest BCUT2D eigenvalue weighted by molar-refractivity contribution is 9.11. The predicted molar refractivity (Wildman–Crippen MR) is 91.8 cm³/mol. The first-order valence-electron chi connectivity index (χ1n) is 6.49. The molecule has 20 heavy (non-hydrogen) atoms. The monoisotopic (exact) mass is 487 g/mol. The average molecular weight is 490 g/mol. The third-order valence-corrected chi connectivity index (χ3v) is 7.31. The Labute approximate surface area is 145 Å². The lowest BCUT2D eigenvalue weighted by molar-refractivity contribution is 0.338. The van der Waals surface area contributed by atoms with E-state index in [-0.39, 0.29) is 6.04 Å². The van der Waals surface area contributed by atoms with Gasteiger partial charge in [0.1, 0.15) is 0 Å². The van der Waals surface area contributed by atoms with E-state index in [0.29, 0.717) is 21.2 Å². The molecule has 0 bridgehead atoms. The summed E-state index contributed by atoms with van der Waals surface area (Å²) < 4.78 is 28.9. The normalized spacial score (nSPS) is 17.0. The van der Waals surface area contributed by atoms with Gasteiger partial charge in [0.15, 0.2) is 0 Å². The zero-order valence-corrected chi connectivity index (χ0v) is 16.4. The summed E-state index contributed by atoms with van der Waals surface area (Å²) in [6, 6.07) is 5.38. The van der Waals surface area contributed by atoms with Crippen LogP contribution in [-0.4, -0.2) is 30.6 Å². The van der Waals surface area contributed by atoms with Crippen molar-refractivity contribution < 1.29 is 8.42 Å². The highest BCUT2D eigenvalue weighted by Gasteiger charge is 2.33. The third kappa shape index (κ3) is 3.66. The van der Waals surface area contributed by atoms with Crippen LogP contribution in [0.5, 0.6) is 0 Å². The van der Waals surface area contributed by atoms with Crippen molar-refractivity contribution in [3.8, 4) is 0 Å². The van der Waals surface area contributed by atoms with E-state index in [2.05, 4.69) is 47.8 Å². The van der Waals surface area contributed by atoms with Gasteiger partial charge in [-0.25, -0.2) is 8.42 Å². The molecule has 3 nitrogen and oxygen atoms in total. The number of rotatable bonds is 5. The summed E-state index contributed by atoms with van der Waals surface area (Å²) >= 11 is 10.1. The molecule has 0 amide bonds. The molecule has 0 radical (unpaired) electrons. The number of nitrogens with zero attached hydrogens (tertiary/aromatic N) is 1. The second-order valence-corrected chi connectivity index (χ2v) is 9.24. The molecule has 0 aliphatic heterocycles. The lowest BCUT2D eigenvalue weighted by atomic mass is 10.2. The van der Waals surface area contributed by atoms with Crippen molar-refractivity contribution in [2.75, 3.05) is 11.9 Å². The van der Waals surface area contributed by atoms with E-state index in [1.807, 2.05) is 6.07 Å². The molecule has 1 saturated carbocycles. The van der Waals surface area contributed by atoms with Gasteiger partial charge in [-0.2, -0.15) is 4.31 Å². The minimum absolute atomic E-state index is 0.128. The maximum Gasteiger partial charge on any atom is 0.244 e. The molecule has 0 atom stereocenters. The molecule has 0 aromatic heterocycles.